The third-order valence-electron chi connectivity index (χ3n) is 1.94. The zero-order valence-corrected chi connectivity index (χ0v) is 8.46. The van der Waals surface area contributed by atoms with E-state index in [1.807, 2.05) is 0 Å². The normalized spacial score (nSPS) is 14.4. The maximum Gasteiger partial charge on any atom is 0.248 e. The van der Waals surface area contributed by atoms with Gasteiger partial charge < -0.3 is 26.8 Å². The van der Waals surface area contributed by atoms with Crippen LogP contribution in [-0.4, -0.2) is 27.8 Å². The lowest BCUT2D eigenvalue weighted by Gasteiger charge is -2.05. The third-order valence-corrected chi connectivity index (χ3v) is 1.94. The molecule has 1 amide bonds. The standard InChI is InChI=1S/C8H13N5O3/c1-3(6(11)15)5(10)8-12-7(13-16-8)4(9)2-14/h4-5,14H,1-2,9-10H2,(H2,11,15)/t4-,5-/m0/s1. The van der Waals surface area contributed by atoms with Gasteiger partial charge in [0.1, 0.15) is 6.04 Å². The van der Waals surface area contributed by atoms with E-state index in [0.717, 1.165) is 0 Å². The van der Waals surface area contributed by atoms with Crippen LogP contribution in [0.2, 0.25) is 0 Å². The van der Waals surface area contributed by atoms with Gasteiger partial charge in [0.25, 0.3) is 0 Å². The fraction of sp³-hybridized carbons (Fsp3) is 0.375. The largest absolute Gasteiger partial charge is 0.394 e. The van der Waals surface area contributed by atoms with Crippen molar-refractivity contribution in [2.24, 2.45) is 17.2 Å². The van der Waals surface area contributed by atoms with Gasteiger partial charge in [0, 0.05) is 5.57 Å². The Morgan fingerprint density at radius 1 is 1.56 bits per heavy atom. The van der Waals surface area contributed by atoms with Crippen LogP contribution < -0.4 is 17.2 Å². The molecule has 88 valence electrons. The molecule has 8 heteroatoms. The third kappa shape index (κ3) is 2.42. The Bertz CT molecular complexity index is 402. The number of carbonyl (C=O) groups excluding carboxylic acids is 1. The summed E-state index contributed by atoms with van der Waals surface area (Å²) >= 11 is 0. The molecule has 0 saturated heterocycles. The summed E-state index contributed by atoms with van der Waals surface area (Å²) < 4.78 is 4.77. The number of aliphatic hydroxyl groups is 1. The van der Waals surface area contributed by atoms with E-state index in [-0.39, 0.29) is 23.9 Å². The minimum Gasteiger partial charge on any atom is -0.394 e. The number of rotatable bonds is 5. The van der Waals surface area contributed by atoms with Crippen molar-refractivity contribution in [2.75, 3.05) is 6.61 Å². The van der Waals surface area contributed by atoms with Crippen LogP contribution in [0.25, 0.3) is 0 Å². The van der Waals surface area contributed by atoms with Crippen LogP contribution in [0, 0.1) is 0 Å². The Kier molecular flexibility index (Phi) is 3.72. The predicted octanol–water partition coefficient (Wildman–Crippen LogP) is -1.90. The summed E-state index contributed by atoms with van der Waals surface area (Å²) in [5.41, 5.74) is 16.0. The molecule has 0 aliphatic rings. The molecule has 7 N–H and O–H groups in total. The van der Waals surface area contributed by atoms with Crippen LogP contribution in [0.15, 0.2) is 16.7 Å². The Hall–Kier alpha value is -1.77. The summed E-state index contributed by atoms with van der Waals surface area (Å²) in [6, 6.07) is -1.73. The molecule has 0 saturated carbocycles. The number of nitrogens with zero attached hydrogens (tertiary/aromatic N) is 2. The average Bonchev–Trinajstić information content (AvgIpc) is 2.75. The Morgan fingerprint density at radius 3 is 2.69 bits per heavy atom. The van der Waals surface area contributed by atoms with Crippen molar-refractivity contribution >= 4 is 5.91 Å². The lowest BCUT2D eigenvalue weighted by Crippen LogP contribution is -2.24. The van der Waals surface area contributed by atoms with Gasteiger partial charge in [-0.25, -0.2) is 0 Å². The van der Waals surface area contributed by atoms with E-state index in [4.69, 9.17) is 26.8 Å². The van der Waals surface area contributed by atoms with Gasteiger partial charge in [0.15, 0.2) is 5.82 Å². The van der Waals surface area contributed by atoms with E-state index < -0.39 is 18.0 Å². The second-order valence-corrected chi connectivity index (χ2v) is 3.15. The maximum absolute atomic E-state index is 10.8. The molecule has 0 unspecified atom stereocenters. The molecule has 0 radical (unpaired) electrons. The van der Waals surface area contributed by atoms with Gasteiger partial charge in [-0.3, -0.25) is 4.79 Å². The average molecular weight is 227 g/mol. The first kappa shape index (κ1) is 12.3. The van der Waals surface area contributed by atoms with Crippen LogP contribution in [0.4, 0.5) is 0 Å². The molecule has 0 aliphatic heterocycles. The number of nitrogens with two attached hydrogens (primary N) is 3. The highest BCUT2D eigenvalue weighted by molar-refractivity contribution is 5.92. The molecule has 1 rings (SSSR count). The van der Waals surface area contributed by atoms with E-state index >= 15 is 0 Å². The summed E-state index contributed by atoms with van der Waals surface area (Å²) in [4.78, 5) is 14.6. The van der Waals surface area contributed by atoms with E-state index in [9.17, 15) is 4.79 Å². The zero-order chi connectivity index (χ0) is 12.3. The molecular formula is C8H13N5O3. The molecule has 0 aliphatic carbocycles. The lowest BCUT2D eigenvalue weighted by atomic mass is 10.1. The molecular weight excluding hydrogens is 214 g/mol. The summed E-state index contributed by atoms with van der Waals surface area (Å²) in [5, 5.41) is 12.3. The van der Waals surface area contributed by atoms with Gasteiger partial charge in [-0.05, 0) is 0 Å². The second kappa shape index (κ2) is 4.84. The van der Waals surface area contributed by atoms with Crippen LogP contribution in [0.1, 0.15) is 23.8 Å². The van der Waals surface area contributed by atoms with E-state index in [2.05, 4.69) is 16.7 Å². The molecule has 0 aromatic carbocycles. The van der Waals surface area contributed by atoms with Crippen molar-refractivity contribution in [1.29, 1.82) is 0 Å². The fourth-order valence-corrected chi connectivity index (χ4v) is 0.908. The number of aliphatic hydroxyl groups excluding tert-OH is 1. The minimum absolute atomic E-state index is 0.0253. The van der Waals surface area contributed by atoms with Crippen molar-refractivity contribution in [3.05, 3.63) is 23.9 Å². The maximum atomic E-state index is 10.8. The van der Waals surface area contributed by atoms with Gasteiger partial charge in [-0.2, -0.15) is 4.98 Å². The summed E-state index contributed by atoms with van der Waals surface area (Å²) in [5.74, 6) is -0.674. The van der Waals surface area contributed by atoms with Crippen LogP contribution in [0.5, 0.6) is 0 Å². The number of primary amides is 1. The monoisotopic (exact) mass is 227 g/mol. The highest BCUT2D eigenvalue weighted by Gasteiger charge is 2.22. The smallest absolute Gasteiger partial charge is 0.248 e. The summed E-state index contributed by atoms with van der Waals surface area (Å²) in [6.07, 6.45) is 0. The highest BCUT2D eigenvalue weighted by atomic mass is 16.5. The van der Waals surface area contributed by atoms with Crippen molar-refractivity contribution in [3.8, 4) is 0 Å². The molecule has 16 heavy (non-hydrogen) atoms. The first-order chi connectivity index (χ1) is 7.47. The number of hydrogen-bond acceptors (Lipinski definition) is 7. The van der Waals surface area contributed by atoms with Crippen molar-refractivity contribution in [3.63, 3.8) is 0 Å². The predicted molar refractivity (Wildman–Crippen MR) is 53.6 cm³/mol. The van der Waals surface area contributed by atoms with E-state index in [1.165, 1.54) is 0 Å². The van der Waals surface area contributed by atoms with E-state index in [0.29, 0.717) is 0 Å². The van der Waals surface area contributed by atoms with Crippen molar-refractivity contribution in [2.45, 2.75) is 12.1 Å². The first-order valence-corrected chi connectivity index (χ1v) is 4.41. The molecule has 1 heterocycles. The number of carbonyl (C=O) groups is 1. The SMILES string of the molecule is C=C(C(N)=O)[C@H](N)c1nc([C@@H](N)CO)no1. The van der Waals surface area contributed by atoms with Gasteiger partial charge >= 0.3 is 0 Å². The van der Waals surface area contributed by atoms with Crippen LogP contribution >= 0.6 is 0 Å². The molecule has 2 atom stereocenters. The van der Waals surface area contributed by atoms with Gasteiger partial charge in [-0.1, -0.05) is 11.7 Å². The highest BCUT2D eigenvalue weighted by Crippen LogP contribution is 2.16. The Balaban J connectivity index is 2.85. The van der Waals surface area contributed by atoms with Crippen molar-refractivity contribution in [1.82, 2.24) is 10.1 Å². The fourth-order valence-electron chi connectivity index (χ4n) is 0.908. The number of amides is 1. The second-order valence-electron chi connectivity index (χ2n) is 3.15. The molecule has 0 spiro atoms. The zero-order valence-electron chi connectivity index (χ0n) is 8.46. The molecule has 8 nitrogen and oxygen atoms in total. The summed E-state index contributed by atoms with van der Waals surface area (Å²) in [6.45, 7) is 3.07. The number of aromatic nitrogens is 2. The van der Waals surface area contributed by atoms with E-state index in [1.54, 1.807) is 0 Å². The molecule has 0 fully saturated rings. The Morgan fingerprint density at radius 2 is 2.19 bits per heavy atom. The van der Waals surface area contributed by atoms with Crippen LogP contribution in [-0.2, 0) is 4.79 Å². The molecule has 0 bridgehead atoms. The lowest BCUT2D eigenvalue weighted by molar-refractivity contribution is -0.114. The topological polar surface area (TPSA) is 154 Å². The number of hydrogen-bond donors (Lipinski definition) is 4. The van der Waals surface area contributed by atoms with Crippen LogP contribution in [0.3, 0.4) is 0 Å². The van der Waals surface area contributed by atoms with Gasteiger partial charge in [-0.15, -0.1) is 0 Å². The molecule has 1 aromatic heterocycles. The van der Waals surface area contributed by atoms with Crippen molar-refractivity contribution < 1.29 is 14.4 Å². The van der Waals surface area contributed by atoms with Gasteiger partial charge in [0.2, 0.25) is 11.8 Å². The first-order valence-electron chi connectivity index (χ1n) is 4.41. The summed E-state index contributed by atoms with van der Waals surface area (Å²) in [7, 11) is 0. The minimum atomic E-state index is -0.968. The Labute approximate surface area is 91.1 Å². The quantitative estimate of drug-likeness (QED) is 0.428. The molecule has 1 aromatic rings. The van der Waals surface area contributed by atoms with Gasteiger partial charge in [0.05, 0.1) is 12.6 Å².